The van der Waals surface area contributed by atoms with Crippen LogP contribution in [0.25, 0.3) is 32.9 Å². The van der Waals surface area contributed by atoms with E-state index in [0.29, 0.717) is 17.1 Å². The van der Waals surface area contributed by atoms with Crippen molar-refractivity contribution >= 4 is 50.9 Å². The Hall–Kier alpha value is -4.09. The second-order valence-electron chi connectivity index (χ2n) is 8.23. The fourth-order valence-corrected chi connectivity index (χ4v) is 4.61. The van der Waals surface area contributed by atoms with Crippen molar-refractivity contribution in [3.63, 3.8) is 0 Å². The van der Waals surface area contributed by atoms with Crippen molar-refractivity contribution in [2.24, 2.45) is 5.73 Å². The molecule has 5 aromatic rings. The molecule has 0 unspecified atom stereocenters. The Morgan fingerprint density at radius 3 is 2.35 bits per heavy atom. The van der Waals surface area contributed by atoms with Gasteiger partial charge in [-0.2, -0.15) is 0 Å². The number of hydrogen-bond donors (Lipinski definition) is 2. The van der Waals surface area contributed by atoms with E-state index < -0.39 is 5.91 Å². The Kier molecular flexibility index (Phi) is 5.56. The molecule has 0 aliphatic carbocycles. The first-order valence-electron chi connectivity index (χ1n) is 10.9. The molecule has 5 rings (SSSR count). The summed E-state index contributed by atoms with van der Waals surface area (Å²) in [7, 11) is 0. The highest BCUT2D eigenvalue weighted by Gasteiger charge is 2.18. The normalized spacial score (nSPS) is 11.1. The molecule has 0 spiro atoms. The quantitative estimate of drug-likeness (QED) is 0.322. The van der Waals surface area contributed by atoms with Crippen molar-refractivity contribution in [3.05, 3.63) is 101 Å². The van der Waals surface area contributed by atoms with Gasteiger partial charge in [-0.15, -0.1) is 0 Å². The number of carbonyl (C=O) groups is 2. The van der Waals surface area contributed by atoms with E-state index in [1.54, 1.807) is 6.07 Å². The molecule has 0 saturated heterocycles. The molecule has 1 heterocycles. The van der Waals surface area contributed by atoms with Gasteiger partial charge >= 0.3 is 0 Å². The van der Waals surface area contributed by atoms with Gasteiger partial charge in [0.1, 0.15) is 0 Å². The van der Waals surface area contributed by atoms with Crippen molar-refractivity contribution in [2.45, 2.75) is 13.5 Å². The monoisotopic (exact) mass is 467 g/mol. The summed E-state index contributed by atoms with van der Waals surface area (Å²) in [6.45, 7) is 2.00. The van der Waals surface area contributed by atoms with E-state index >= 15 is 0 Å². The Bertz CT molecular complexity index is 1570. The summed E-state index contributed by atoms with van der Waals surface area (Å²) >= 11 is 6.08. The molecule has 0 fully saturated rings. The number of anilines is 1. The molecule has 0 atom stereocenters. The van der Waals surface area contributed by atoms with E-state index in [0.717, 1.165) is 44.2 Å². The summed E-state index contributed by atoms with van der Waals surface area (Å²) in [6.07, 6.45) is 0. The number of nitrogens with two attached hydrogens (primary N) is 1. The van der Waals surface area contributed by atoms with Crippen molar-refractivity contribution in [1.29, 1.82) is 0 Å². The largest absolute Gasteiger partial charge is 0.366 e. The number of benzene rings is 4. The van der Waals surface area contributed by atoms with Crippen LogP contribution >= 0.6 is 11.6 Å². The third-order valence-corrected chi connectivity index (χ3v) is 6.24. The van der Waals surface area contributed by atoms with Gasteiger partial charge in [-0.3, -0.25) is 9.59 Å². The zero-order valence-electron chi connectivity index (χ0n) is 18.5. The van der Waals surface area contributed by atoms with Crippen LogP contribution in [0.1, 0.15) is 22.8 Å². The number of rotatable bonds is 5. The average molecular weight is 468 g/mol. The van der Waals surface area contributed by atoms with Crippen LogP contribution in [0, 0.1) is 0 Å². The molecule has 3 N–H and O–H groups in total. The molecule has 0 radical (unpaired) electrons. The fraction of sp³-hybridized carbons (Fsp3) is 0.0714. The first-order chi connectivity index (χ1) is 16.4. The van der Waals surface area contributed by atoms with Crippen LogP contribution in [0.2, 0.25) is 5.02 Å². The summed E-state index contributed by atoms with van der Waals surface area (Å²) in [5.41, 5.74) is 11.9. The fourth-order valence-electron chi connectivity index (χ4n) is 4.48. The minimum Gasteiger partial charge on any atom is -0.366 e. The molecule has 0 aliphatic rings. The van der Waals surface area contributed by atoms with E-state index in [4.69, 9.17) is 17.3 Å². The van der Waals surface area contributed by atoms with Gasteiger partial charge in [-0.1, -0.05) is 60.1 Å². The number of para-hydroxylation sites is 1. The Balaban J connectivity index is 1.77. The third kappa shape index (κ3) is 3.91. The standard InChI is InChI=1S/C28H22ClN3O2/c1-17(33)31-24-7-3-2-5-20(24)16-32-25-8-4-6-23(28(30)34)27(25)22-14-11-19(15-26(22)32)18-9-12-21(29)13-10-18/h2-15H,16H2,1H3,(H2,30,34)(H,31,33). The first kappa shape index (κ1) is 21.7. The molecule has 2 amide bonds. The van der Waals surface area contributed by atoms with Gasteiger partial charge in [0.05, 0.1) is 17.6 Å². The number of halogens is 1. The maximum Gasteiger partial charge on any atom is 0.249 e. The Labute approximate surface area is 201 Å². The minimum atomic E-state index is -0.468. The van der Waals surface area contributed by atoms with E-state index in [2.05, 4.69) is 16.0 Å². The zero-order chi connectivity index (χ0) is 23.8. The molecule has 168 valence electrons. The van der Waals surface area contributed by atoms with Gasteiger partial charge in [0, 0.05) is 34.0 Å². The molecular weight excluding hydrogens is 446 g/mol. The van der Waals surface area contributed by atoms with Crippen LogP contribution in [0.15, 0.2) is 84.9 Å². The van der Waals surface area contributed by atoms with Crippen LogP contribution in [-0.2, 0) is 11.3 Å². The lowest BCUT2D eigenvalue weighted by molar-refractivity contribution is -0.114. The van der Waals surface area contributed by atoms with E-state index in [-0.39, 0.29) is 5.91 Å². The summed E-state index contributed by atoms with van der Waals surface area (Å²) in [5.74, 6) is -0.596. The average Bonchev–Trinajstić information content (AvgIpc) is 3.13. The maximum atomic E-state index is 12.3. The number of hydrogen-bond acceptors (Lipinski definition) is 2. The first-order valence-corrected chi connectivity index (χ1v) is 11.3. The van der Waals surface area contributed by atoms with Crippen molar-refractivity contribution < 1.29 is 9.59 Å². The van der Waals surface area contributed by atoms with Gasteiger partial charge in [-0.05, 0) is 53.1 Å². The van der Waals surface area contributed by atoms with Crippen molar-refractivity contribution in [1.82, 2.24) is 4.57 Å². The highest BCUT2D eigenvalue weighted by atomic mass is 35.5. The van der Waals surface area contributed by atoms with Crippen molar-refractivity contribution in [3.8, 4) is 11.1 Å². The van der Waals surface area contributed by atoms with Crippen LogP contribution in [0.3, 0.4) is 0 Å². The van der Waals surface area contributed by atoms with Crippen LogP contribution < -0.4 is 11.1 Å². The van der Waals surface area contributed by atoms with E-state index in [1.807, 2.05) is 72.8 Å². The highest BCUT2D eigenvalue weighted by Crippen LogP contribution is 2.35. The van der Waals surface area contributed by atoms with Crippen LogP contribution in [-0.4, -0.2) is 16.4 Å². The number of nitrogens with one attached hydrogen (secondary N) is 1. The van der Waals surface area contributed by atoms with Crippen LogP contribution in [0.5, 0.6) is 0 Å². The van der Waals surface area contributed by atoms with Crippen molar-refractivity contribution in [2.75, 3.05) is 5.32 Å². The molecule has 6 heteroatoms. The second-order valence-corrected chi connectivity index (χ2v) is 8.66. The molecule has 0 saturated carbocycles. The number of nitrogens with zero attached hydrogens (tertiary/aromatic N) is 1. The molecule has 0 aliphatic heterocycles. The van der Waals surface area contributed by atoms with E-state index in [9.17, 15) is 9.59 Å². The van der Waals surface area contributed by atoms with Gasteiger partial charge < -0.3 is 15.6 Å². The SMILES string of the molecule is CC(=O)Nc1ccccc1Cn1c2cc(-c3ccc(Cl)cc3)ccc2c2c(C(N)=O)cccc21. The smallest absolute Gasteiger partial charge is 0.249 e. The third-order valence-electron chi connectivity index (χ3n) is 5.99. The van der Waals surface area contributed by atoms with Crippen LogP contribution in [0.4, 0.5) is 5.69 Å². The van der Waals surface area contributed by atoms with Gasteiger partial charge in [-0.25, -0.2) is 0 Å². The van der Waals surface area contributed by atoms with Gasteiger partial charge in [0.2, 0.25) is 11.8 Å². The second kappa shape index (κ2) is 8.69. The van der Waals surface area contributed by atoms with Gasteiger partial charge in [0.15, 0.2) is 0 Å². The summed E-state index contributed by atoms with van der Waals surface area (Å²) < 4.78 is 2.16. The molecule has 4 aromatic carbocycles. The van der Waals surface area contributed by atoms with Gasteiger partial charge in [0.25, 0.3) is 0 Å². The lowest BCUT2D eigenvalue weighted by Gasteiger charge is -2.13. The number of primary amides is 1. The Morgan fingerprint density at radius 1 is 0.882 bits per heavy atom. The molecular formula is C28H22ClN3O2. The highest BCUT2D eigenvalue weighted by molar-refractivity contribution is 6.30. The summed E-state index contributed by atoms with van der Waals surface area (Å²) in [6, 6.07) is 27.2. The van der Waals surface area contributed by atoms with E-state index in [1.165, 1.54) is 6.92 Å². The summed E-state index contributed by atoms with van der Waals surface area (Å²) in [4.78, 5) is 24.0. The lowest BCUT2D eigenvalue weighted by Crippen LogP contribution is -2.11. The topological polar surface area (TPSA) is 77.1 Å². The number of fused-ring (bicyclic) bond motifs is 3. The molecule has 1 aromatic heterocycles. The number of amides is 2. The molecule has 5 nitrogen and oxygen atoms in total. The predicted octanol–water partition coefficient (Wildman–Crippen LogP) is 6.22. The number of carbonyl (C=O) groups excluding carboxylic acids is 2. The summed E-state index contributed by atoms with van der Waals surface area (Å²) in [5, 5.41) is 5.36. The lowest BCUT2D eigenvalue weighted by atomic mass is 10.0. The zero-order valence-corrected chi connectivity index (χ0v) is 19.3. The minimum absolute atomic E-state index is 0.129. The Morgan fingerprint density at radius 2 is 1.62 bits per heavy atom. The molecule has 0 bridgehead atoms. The predicted molar refractivity (Wildman–Crippen MR) is 138 cm³/mol. The maximum absolute atomic E-state index is 12.3. The molecule has 34 heavy (non-hydrogen) atoms. The number of aromatic nitrogens is 1.